The first-order chi connectivity index (χ1) is 12.8. The molecule has 0 aliphatic heterocycles. The fourth-order valence-electron chi connectivity index (χ4n) is 2.52. The van der Waals surface area contributed by atoms with Gasteiger partial charge in [0.05, 0.1) is 11.3 Å². The summed E-state index contributed by atoms with van der Waals surface area (Å²) in [6.45, 7) is 0.177. The molecule has 0 radical (unpaired) electrons. The van der Waals surface area contributed by atoms with Gasteiger partial charge in [-0.15, -0.1) is 0 Å². The molecular weight excluding hydrogens is 330 g/mol. The molecule has 4 rings (SSSR count). The van der Waals surface area contributed by atoms with Gasteiger partial charge < -0.3 is 4.74 Å². The fourth-order valence-corrected chi connectivity index (χ4v) is 2.52. The van der Waals surface area contributed by atoms with Crippen molar-refractivity contribution in [1.29, 1.82) is 0 Å². The molecule has 1 aromatic carbocycles. The van der Waals surface area contributed by atoms with E-state index in [-0.39, 0.29) is 6.61 Å². The second-order valence-corrected chi connectivity index (χ2v) is 5.57. The molecule has 0 fully saturated rings. The van der Waals surface area contributed by atoms with Crippen molar-refractivity contribution >= 4 is 5.97 Å². The predicted molar refractivity (Wildman–Crippen MR) is 94.0 cm³/mol. The Labute approximate surface area is 149 Å². The number of hydrogen-bond acceptors (Lipinski definition) is 5. The molecule has 0 spiro atoms. The van der Waals surface area contributed by atoms with Gasteiger partial charge in [-0.25, -0.2) is 19.4 Å². The first-order valence-electron chi connectivity index (χ1n) is 8.00. The van der Waals surface area contributed by atoms with Gasteiger partial charge in [-0.3, -0.25) is 4.57 Å². The third-order valence-corrected chi connectivity index (χ3v) is 3.80. The van der Waals surface area contributed by atoms with Crippen molar-refractivity contribution in [2.24, 2.45) is 0 Å². The summed E-state index contributed by atoms with van der Waals surface area (Å²) in [4.78, 5) is 20.6. The molecule has 7 heteroatoms. The van der Waals surface area contributed by atoms with E-state index < -0.39 is 5.97 Å². The van der Waals surface area contributed by atoms with E-state index in [4.69, 9.17) is 4.74 Å². The van der Waals surface area contributed by atoms with E-state index in [0.29, 0.717) is 11.4 Å². The lowest BCUT2D eigenvalue weighted by Gasteiger charge is -2.08. The Morgan fingerprint density at radius 1 is 1.04 bits per heavy atom. The molecule has 0 N–H and O–H groups in total. The average Bonchev–Trinajstić information content (AvgIpc) is 3.40. The van der Waals surface area contributed by atoms with Crippen molar-refractivity contribution in [2.75, 3.05) is 0 Å². The number of nitrogens with zero attached hydrogens (tertiary/aromatic N) is 5. The van der Waals surface area contributed by atoms with Crippen LogP contribution in [0.5, 0.6) is 0 Å². The summed E-state index contributed by atoms with van der Waals surface area (Å²) in [6.07, 6.45) is 10.2. The molecule has 0 bridgehead atoms. The number of rotatable bonds is 5. The third kappa shape index (κ3) is 3.36. The molecule has 26 heavy (non-hydrogen) atoms. The average molecular weight is 345 g/mol. The molecule has 7 nitrogen and oxygen atoms in total. The zero-order valence-corrected chi connectivity index (χ0v) is 13.8. The van der Waals surface area contributed by atoms with Gasteiger partial charge in [0.25, 0.3) is 0 Å². The molecule has 0 aliphatic rings. The van der Waals surface area contributed by atoms with Crippen LogP contribution in [0.3, 0.4) is 0 Å². The van der Waals surface area contributed by atoms with E-state index in [1.54, 1.807) is 52.5 Å². The van der Waals surface area contributed by atoms with Crippen LogP contribution >= 0.6 is 0 Å². The van der Waals surface area contributed by atoms with Crippen molar-refractivity contribution < 1.29 is 9.53 Å². The molecule has 128 valence electrons. The second kappa shape index (κ2) is 7.02. The lowest BCUT2D eigenvalue weighted by molar-refractivity contribution is 0.0472. The van der Waals surface area contributed by atoms with Crippen LogP contribution in [0.4, 0.5) is 0 Å². The molecular formula is C19H15N5O2. The summed E-state index contributed by atoms with van der Waals surface area (Å²) < 4.78 is 8.92. The SMILES string of the molecule is O=C(OCc1cccc(-n2cccn2)c1)c1ccnc(-n2ccnc2)c1. The molecule has 4 aromatic rings. The highest BCUT2D eigenvalue weighted by Crippen LogP contribution is 2.13. The van der Waals surface area contributed by atoms with Gasteiger partial charge in [-0.1, -0.05) is 12.1 Å². The number of imidazole rings is 1. The number of pyridine rings is 1. The lowest BCUT2D eigenvalue weighted by Crippen LogP contribution is -2.07. The van der Waals surface area contributed by atoms with Crippen molar-refractivity contribution in [3.8, 4) is 11.5 Å². The van der Waals surface area contributed by atoms with Crippen molar-refractivity contribution in [3.63, 3.8) is 0 Å². The minimum atomic E-state index is -0.404. The Hall–Kier alpha value is -3.74. The van der Waals surface area contributed by atoms with Crippen LogP contribution in [0.1, 0.15) is 15.9 Å². The van der Waals surface area contributed by atoms with Gasteiger partial charge >= 0.3 is 5.97 Å². The predicted octanol–water partition coefficient (Wildman–Crippen LogP) is 2.81. The van der Waals surface area contributed by atoms with Gasteiger partial charge in [-0.2, -0.15) is 5.10 Å². The number of aromatic nitrogens is 5. The maximum atomic E-state index is 12.4. The topological polar surface area (TPSA) is 74.8 Å². The van der Waals surface area contributed by atoms with E-state index in [1.807, 2.05) is 36.5 Å². The highest BCUT2D eigenvalue weighted by Gasteiger charge is 2.10. The van der Waals surface area contributed by atoms with Crippen LogP contribution in [-0.2, 0) is 11.3 Å². The zero-order chi connectivity index (χ0) is 17.8. The Bertz CT molecular complexity index is 1010. The van der Waals surface area contributed by atoms with Crippen molar-refractivity contribution in [1.82, 2.24) is 24.3 Å². The van der Waals surface area contributed by atoms with Crippen molar-refractivity contribution in [3.05, 3.63) is 90.9 Å². The highest BCUT2D eigenvalue weighted by molar-refractivity contribution is 5.89. The molecule has 0 saturated heterocycles. The van der Waals surface area contributed by atoms with Crippen LogP contribution in [0.25, 0.3) is 11.5 Å². The minimum absolute atomic E-state index is 0.177. The number of hydrogen-bond donors (Lipinski definition) is 0. The van der Waals surface area contributed by atoms with Crippen molar-refractivity contribution in [2.45, 2.75) is 6.61 Å². The van der Waals surface area contributed by atoms with Crippen LogP contribution < -0.4 is 0 Å². The summed E-state index contributed by atoms with van der Waals surface area (Å²) in [5.41, 5.74) is 2.23. The van der Waals surface area contributed by atoms with E-state index in [0.717, 1.165) is 11.3 Å². The highest BCUT2D eigenvalue weighted by atomic mass is 16.5. The number of carbonyl (C=O) groups excluding carboxylic acids is 1. The van der Waals surface area contributed by atoms with E-state index in [9.17, 15) is 4.79 Å². The van der Waals surface area contributed by atoms with Gasteiger partial charge in [0, 0.05) is 31.0 Å². The smallest absolute Gasteiger partial charge is 0.338 e. The molecule has 0 atom stereocenters. The standard InChI is InChI=1S/C19H15N5O2/c25-19(16-5-7-21-18(12-16)23-10-8-20-14-23)26-13-15-3-1-4-17(11-15)24-9-2-6-22-24/h1-12,14H,13H2. The second-order valence-electron chi connectivity index (χ2n) is 5.57. The summed E-state index contributed by atoms with van der Waals surface area (Å²) in [5, 5.41) is 4.20. The molecule has 3 aromatic heterocycles. The lowest BCUT2D eigenvalue weighted by atomic mass is 10.2. The number of benzene rings is 1. The summed E-state index contributed by atoms with van der Waals surface area (Å²) in [6, 6.07) is 12.8. The normalized spacial score (nSPS) is 10.6. The number of carbonyl (C=O) groups is 1. The summed E-state index contributed by atoms with van der Waals surface area (Å²) >= 11 is 0. The maximum Gasteiger partial charge on any atom is 0.338 e. The number of esters is 1. The van der Waals surface area contributed by atoms with Gasteiger partial charge in [0.1, 0.15) is 18.8 Å². The third-order valence-electron chi connectivity index (χ3n) is 3.80. The van der Waals surface area contributed by atoms with Gasteiger partial charge in [-0.05, 0) is 35.9 Å². The minimum Gasteiger partial charge on any atom is -0.457 e. The van der Waals surface area contributed by atoms with Crippen LogP contribution in [0, 0.1) is 0 Å². The Kier molecular flexibility index (Phi) is 4.26. The quantitative estimate of drug-likeness (QED) is 0.520. The van der Waals surface area contributed by atoms with Crippen LogP contribution in [0.2, 0.25) is 0 Å². The van der Waals surface area contributed by atoms with Crippen LogP contribution in [0.15, 0.2) is 79.8 Å². The monoisotopic (exact) mass is 345 g/mol. The fraction of sp³-hybridized carbons (Fsp3) is 0.0526. The van der Waals surface area contributed by atoms with Crippen LogP contribution in [-0.4, -0.2) is 30.3 Å². The van der Waals surface area contributed by atoms with E-state index in [2.05, 4.69) is 15.1 Å². The Morgan fingerprint density at radius 3 is 2.81 bits per heavy atom. The largest absolute Gasteiger partial charge is 0.457 e. The zero-order valence-electron chi connectivity index (χ0n) is 13.8. The van der Waals surface area contributed by atoms with E-state index in [1.165, 1.54) is 0 Å². The maximum absolute atomic E-state index is 12.4. The van der Waals surface area contributed by atoms with Gasteiger partial charge in [0.2, 0.25) is 0 Å². The Morgan fingerprint density at radius 2 is 2.00 bits per heavy atom. The first kappa shape index (κ1) is 15.8. The van der Waals surface area contributed by atoms with Gasteiger partial charge in [0.15, 0.2) is 0 Å². The Balaban J connectivity index is 1.46. The molecule has 0 unspecified atom stereocenters. The van der Waals surface area contributed by atoms with E-state index >= 15 is 0 Å². The summed E-state index contributed by atoms with van der Waals surface area (Å²) in [7, 11) is 0. The first-order valence-corrected chi connectivity index (χ1v) is 8.00. The molecule has 0 aliphatic carbocycles. The number of ether oxygens (including phenoxy) is 1. The molecule has 3 heterocycles. The summed E-state index contributed by atoms with van der Waals surface area (Å²) in [5.74, 6) is 0.205. The molecule has 0 amide bonds. The molecule has 0 saturated carbocycles.